The summed E-state index contributed by atoms with van der Waals surface area (Å²) < 4.78 is 0. The van der Waals surface area contributed by atoms with Crippen LogP contribution >= 0.6 is 0 Å². The molecule has 4 heteroatoms. The number of nitrogens with two attached hydrogens (primary N) is 1. The van der Waals surface area contributed by atoms with Crippen LogP contribution in [0.1, 0.15) is 25.0 Å². The minimum Gasteiger partial charge on any atom is -0.336 e. The summed E-state index contributed by atoms with van der Waals surface area (Å²) in [6.45, 7) is 4.62. The highest BCUT2D eigenvalue weighted by atomic mass is 16.2. The molecule has 4 N–H and O–H groups in total. The van der Waals surface area contributed by atoms with Crippen molar-refractivity contribution in [2.24, 2.45) is 5.73 Å². The van der Waals surface area contributed by atoms with Crippen molar-refractivity contribution >= 4 is 6.03 Å². The first-order valence-electron chi connectivity index (χ1n) is 5.94. The van der Waals surface area contributed by atoms with E-state index in [-0.39, 0.29) is 12.1 Å². The van der Waals surface area contributed by atoms with Gasteiger partial charge in [0.1, 0.15) is 0 Å². The van der Waals surface area contributed by atoms with E-state index in [1.165, 1.54) is 0 Å². The largest absolute Gasteiger partial charge is 0.336 e. The molecule has 0 aliphatic heterocycles. The van der Waals surface area contributed by atoms with Gasteiger partial charge < -0.3 is 16.4 Å². The number of hydrogen-bond acceptors (Lipinski definition) is 2. The van der Waals surface area contributed by atoms with Gasteiger partial charge in [0.2, 0.25) is 0 Å². The normalized spacial score (nSPS) is 9.56. The predicted octanol–water partition coefficient (Wildman–Crippen LogP) is 1.20. The van der Waals surface area contributed by atoms with E-state index >= 15 is 0 Å². The van der Waals surface area contributed by atoms with Crippen molar-refractivity contribution in [3.05, 3.63) is 35.4 Å². The fourth-order valence-corrected chi connectivity index (χ4v) is 1.43. The summed E-state index contributed by atoms with van der Waals surface area (Å²) in [5.74, 6) is 5.80. The van der Waals surface area contributed by atoms with Crippen LogP contribution in [0.4, 0.5) is 4.79 Å². The molecule has 0 radical (unpaired) electrons. The van der Waals surface area contributed by atoms with E-state index in [1.54, 1.807) is 0 Å². The molecule has 0 saturated carbocycles. The summed E-state index contributed by atoms with van der Waals surface area (Å²) in [6.07, 6.45) is 0. The second kappa shape index (κ2) is 7.36. The Balaban J connectivity index is 2.64. The molecule has 0 atom stereocenters. The van der Waals surface area contributed by atoms with Crippen LogP contribution in [0.5, 0.6) is 0 Å². The standard InChI is InChI=1S/C14H19N3O/c1-11(2)17-14(18)16-10-13-7-4-3-6-12(13)8-5-9-15/h3-4,6-7,11H,9-10,15H2,1-2H3,(H2,16,17,18). The van der Waals surface area contributed by atoms with E-state index in [9.17, 15) is 4.79 Å². The first-order chi connectivity index (χ1) is 8.63. The molecular formula is C14H19N3O. The van der Waals surface area contributed by atoms with Crippen molar-refractivity contribution < 1.29 is 4.79 Å². The van der Waals surface area contributed by atoms with Crippen molar-refractivity contribution in [2.45, 2.75) is 26.4 Å². The van der Waals surface area contributed by atoms with Crippen LogP contribution in [0.3, 0.4) is 0 Å². The van der Waals surface area contributed by atoms with Crippen LogP contribution < -0.4 is 16.4 Å². The molecule has 0 bridgehead atoms. The van der Waals surface area contributed by atoms with E-state index in [0.717, 1.165) is 11.1 Å². The van der Waals surface area contributed by atoms with Gasteiger partial charge in [0, 0.05) is 18.2 Å². The van der Waals surface area contributed by atoms with Crippen molar-refractivity contribution in [3.63, 3.8) is 0 Å². The van der Waals surface area contributed by atoms with E-state index in [2.05, 4.69) is 22.5 Å². The maximum absolute atomic E-state index is 11.5. The van der Waals surface area contributed by atoms with Crippen LogP contribution in [0.15, 0.2) is 24.3 Å². The topological polar surface area (TPSA) is 67.2 Å². The van der Waals surface area contributed by atoms with Gasteiger partial charge in [-0.2, -0.15) is 0 Å². The molecule has 0 unspecified atom stereocenters. The van der Waals surface area contributed by atoms with E-state index in [0.29, 0.717) is 13.1 Å². The van der Waals surface area contributed by atoms with E-state index in [4.69, 9.17) is 5.73 Å². The average molecular weight is 245 g/mol. The maximum Gasteiger partial charge on any atom is 0.315 e. The Morgan fingerprint density at radius 2 is 2.11 bits per heavy atom. The molecule has 0 aliphatic carbocycles. The minimum atomic E-state index is -0.174. The molecule has 0 aromatic heterocycles. The molecular weight excluding hydrogens is 226 g/mol. The third-order valence-electron chi connectivity index (χ3n) is 2.20. The summed E-state index contributed by atoms with van der Waals surface area (Å²) in [5.41, 5.74) is 7.23. The van der Waals surface area contributed by atoms with Crippen LogP contribution in [0.25, 0.3) is 0 Å². The van der Waals surface area contributed by atoms with E-state index < -0.39 is 0 Å². The second-order valence-corrected chi connectivity index (χ2v) is 4.14. The molecule has 1 aromatic carbocycles. The van der Waals surface area contributed by atoms with Crippen molar-refractivity contribution in [1.82, 2.24) is 10.6 Å². The van der Waals surface area contributed by atoms with Gasteiger partial charge in [0.05, 0.1) is 6.54 Å². The highest BCUT2D eigenvalue weighted by Crippen LogP contribution is 2.06. The van der Waals surface area contributed by atoms with Gasteiger partial charge in [-0.05, 0) is 25.5 Å². The number of benzene rings is 1. The van der Waals surface area contributed by atoms with Gasteiger partial charge in [-0.25, -0.2) is 4.79 Å². The molecule has 1 aromatic rings. The Morgan fingerprint density at radius 1 is 1.39 bits per heavy atom. The number of carbonyl (C=O) groups excluding carboxylic acids is 1. The average Bonchev–Trinajstić information content (AvgIpc) is 2.34. The lowest BCUT2D eigenvalue weighted by Crippen LogP contribution is -2.39. The number of amides is 2. The molecule has 4 nitrogen and oxygen atoms in total. The molecule has 96 valence electrons. The third-order valence-corrected chi connectivity index (χ3v) is 2.20. The van der Waals surface area contributed by atoms with Crippen molar-refractivity contribution in [3.8, 4) is 11.8 Å². The molecule has 18 heavy (non-hydrogen) atoms. The molecule has 0 spiro atoms. The maximum atomic E-state index is 11.5. The zero-order valence-electron chi connectivity index (χ0n) is 10.8. The molecule has 0 saturated heterocycles. The van der Waals surface area contributed by atoms with Gasteiger partial charge in [-0.3, -0.25) is 0 Å². The van der Waals surface area contributed by atoms with Gasteiger partial charge in [-0.1, -0.05) is 30.0 Å². The van der Waals surface area contributed by atoms with Crippen LogP contribution in [0, 0.1) is 11.8 Å². The number of nitrogens with one attached hydrogen (secondary N) is 2. The Kier molecular flexibility index (Phi) is 5.75. The fraction of sp³-hybridized carbons (Fsp3) is 0.357. The SMILES string of the molecule is CC(C)NC(=O)NCc1ccccc1C#CCN. The minimum absolute atomic E-state index is 0.122. The Morgan fingerprint density at radius 3 is 2.78 bits per heavy atom. The zero-order valence-corrected chi connectivity index (χ0v) is 10.8. The van der Waals surface area contributed by atoms with Gasteiger partial charge in [0.15, 0.2) is 0 Å². The predicted molar refractivity (Wildman–Crippen MR) is 72.9 cm³/mol. The van der Waals surface area contributed by atoms with Crippen LogP contribution in [-0.2, 0) is 6.54 Å². The first-order valence-corrected chi connectivity index (χ1v) is 5.94. The smallest absolute Gasteiger partial charge is 0.315 e. The first kappa shape index (κ1) is 14.1. The lowest BCUT2D eigenvalue weighted by Gasteiger charge is -2.10. The number of hydrogen-bond donors (Lipinski definition) is 3. The number of urea groups is 1. The lowest BCUT2D eigenvalue weighted by atomic mass is 10.1. The summed E-state index contributed by atoms with van der Waals surface area (Å²) in [5, 5.41) is 5.57. The molecule has 1 rings (SSSR count). The highest BCUT2D eigenvalue weighted by molar-refractivity contribution is 5.74. The summed E-state index contributed by atoms with van der Waals surface area (Å²) in [6, 6.07) is 7.64. The third kappa shape index (κ3) is 4.89. The van der Waals surface area contributed by atoms with Crippen molar-refractivity contribution in [1.29, 1.82) is 0 Å². The van der Waals surface area contributed by atoms with Gasteiger partial charge in [-0.15, -0.1) is 0 Å². The van der Waals surface area contributed by atoms with Gasteiger partial charge in [0.25, 0.3) is 0 Å². The van der Waals surface area contributed by atoms with Gasteiger partial charge >= 0.3 is 6.03 Å². The molecule has 0 fully saturated rings. The Hall–Kier alpha value is -1.99. The van der Waals surface area contributed by atoms with Crippen LogP contribution in [-0.4, -0.2) is 18.6 Å². The Labute approximate surface area is 108 Å². The molecule has 2 amide bonds. The second-order valence-electron chi connectivity index (χ2n) is 4.14. The number of rotatable bonds is 3. The summed E-state index contributed by atoms with van der Waals surface area (Å²) in [7, 11) is 0. The molecule has 0 aliphatic rings. The van der Waals surface area contributed by atoms with Crippen molar-refractivity contribution in [2.75, 3.05) is 6.54 Å². The summed E-state index contributed by atoms with van der Waals surface area (Å²) >= 11 is 0. The van der Waals surface area contributed by atoms with E-state index in [1.807, 2.05) is 38.1 Å². The monoisotopic (exact) mass is 245 g/mol. The summed E-state index contributed by atoms with van der Waals surface area (Å²) in [4.78, 5) is 11.5. The Bertz CT molecular complexity index is 458. The van der Waals surface area contributed by atoms with Crippen LogP contribution in [0.2, 0.25) is 0 Å². The molecule has 0 heterocycles. The lowest BCUT2D eigenvalue weighted by molar-refractivity contribution is 0.238. The highest BCUT2D eigenvalue weighted by Gasteiger charge is 2.04. The quantitative estimate of drug-likeness (QED) is 0.701. The fourth-order valence-electron chi connectivity index (χ4n) is 1.43. The number of carbonyl (C=O) groups is 1. The zero-order chi connectivity index (χ0) is 13.4.